The molecule has 3 fully saturated rings. The van der Waals surface area contributed by atoms with Gasteiger partial charge in [0.2, 0.25) is 11.8 Å². The number of thioether (sulfide) groups is 1. The lowest BCUT2D eigenvalue weighted by molar-refractivity contribution is -0.387. The predicted molar refractivity (Wildman–Crippen MR) is 182 cm³/mol. The van der Waals surface area contributed by atoms with Crippen molar-refractivity contribution in [2.45, 2.75) is 48.8 Å². The molecule has 1 aliphatic carbocycles. The SMILES string of the molecule is Cc1cc(C)cc(N=C2NC(=O)/C(=C/c3ccc(Sc4nc5ccc(N6C(=O)[C@H]7CCCC[C@H]7C6=O)cc5s4)c([N+](=O)[O-])c3)S2)c1. The van der Waals surface area contributed by atoms with E-state index in [1.807, 2.05) is 32.0 Å². The van der Waals surface area contributed by atoms with Crippen molar-refractivity contribution in [3.8, 4) is 0 Å². The largest absolute Gasteiger partial charge is 0.300 e. The number of rotatable bonds is 6. The van der Waals surface area contributed by atoms with Gasteiger partial charge < -0.3 is 5.32 Å². The summed E-state index contributed by atoms with van der Waals surface area (Å²) in [5.41, 5.74) is 4.49. The Hall–Kier alpha value is -4.33. The molecule has 3 heterocycles. The number of carbonyl (C=O) groups excluding carboxylic acids is 3. The molecule has 13 heteroatoms. The quantitative estimate of drug-likeness (QED) is 0.0963. The van der Waals surface area contributed by atoms with E-state index in [4.69, 9.17) is 0 Å². The first-order valence-electron chi connectivity index (χ1n) is 14.8. The van der Waals surface area contributed by atoms with Gasteiger partial charge in [-0.2, -0.15) is 0 Å². The minimum Gasteiger partial charge on any atom is -0.300 e. The van der Waals surface area contributed by atoms with Crippen LogP contribution in [-0.4, -0.2) is 32.8 Å². The molecule has 0 bridgehead atoms. The number of nitro benzene ring substituents is 1. The molecule has 0 unspecified atom stereocenters. The number of nitrogens with zero attached hydrogens (tertiary/aromatic N) is 4. The van der Waals surface area contributed by atoms with Gasteiger partial charge in [-0.3, -0.25) is 29.4 Å². The van der Waals surface area contributed by atoms with Crippen molar-refractivity contribution in [3.63, 3.8) is 0 Å². The topological polar surface area (TPSA) is 135 Å². The number of nitro groups is 1. The first-order valence-corrected chi connectivity index (χ1v) is 17.2. The number of hydrogen-bond donors (Lipinski definition) is 1. The maximum Gasteiger partial charge on any atom is 0.283 e. The molecule has 2 saturated heterocycles. The van der Waals surface area contributed by atoms with Crippen LogP contribution in [-0.2, 0) is 14.4 Å². The smallest absolute Gasteiger partial charge is 0.283 e. The number of aryl methyl sites for hydroxylation is 2. The van der Waals surface area contributed by atoms with Crippen LogP contribution < -0.4 is 10.2 Å². The van der Waals surface area contributed by atoms with E-state index in [9.17, 15) is 24.5 Å². The van der Waals surface area contributed by atoms with Gasteiger partial charge in [0.05, 0.1) is 48.2 Å². The van der Waals surface area contributed by atoms with Crippen molar-refractivity contribution in [1.29, 1.82) is 0 Å². The number of amidine groups is 1. The van der Waals surface area contributed by atoms with Gasteiger partial charge in [0, 0.05) is 6.07 Å². The summed E-state index contributed by atoms with van der Waals surface area (Å²) >= 11 is 3.70. The highest BCUT2D eigenvalue weighted by Gasteiger charge is 2.48. The highest BCUT2D eigenvalue weighted by Crippen LogP contribution is 2.43. The Kier molecular flexibility index (Phi) is 7.99. The Morgan fingerprint density at radius 1 is 1.00 bits per heavy atom. The van der Waals surface area contributed by atoms with Crippen LogP contribution in [0.3, 0.4) is 0 Å². The second kappa shape index (κ2) is 12.1. The molecule has 4 aromatic rings. The van der Waals surface area contributed by atoms with Crippen molar-refractivity contribution >= 4 is 91.1 Å². The summed E-state index contributed by atoms with van der Waals surface area (Å²) in [4.78, 5) is 61.8. The summed E-state index contributed by atoms with van der Waals surface area (Å²) in [6.07, 6.45) is 5.04. The van der Waals surface area contributed by atoms with Gasteiger partial charge in [-0.1, -0.05) is 36.7 Å². The number of nitrogens with one attached hydrogen (secondary N) is 1. The lowest BCUT2D eigenvalue weighted by atomic mass is 9.81. The molecule has 1 aromatic heterocycles. The van der Waals surface area contributed by atoms with Gasteiger partial charge in [0.1, 0.15) is 0 Å². The van der Waals surface area contributed by atoms with Crippen molar-refractivity contribution in [3.05, 3.63) is 86.3 Å². The Morgan fingerprint density at radius 3 is 2.41 bits per heavy atom. The molecule has 3 aromatic carbocycles. The molecule has 232 valence electrons. The zero-order valence-corrected chi connectivity index (χ0v) is 27.3. The molecule has 46 heavy (non-hydrogen) atoms. The molecule has 3 amide bonds. The second-order valence-electron chi connectivity index (χ2n) is 11.6. The molecule has 3 aliphatic rings. The summed E-state index contributed by atoms with van der Waals surface area (Å²) in [6.45, 7) is 3.96. The van der Waals surface area contributed by atoms with Gasteiger partial charge in [-0.15, -0.1) is 11.3 Å². The van der Waals surface area contributed by atoms with Gasteiger partial charge >= 0.3 is 0 Å². The fourth-order valence-corrected chi connectivity index (χ4v) is 9.19. The maximum atomic E-state index is 13.1. The Morgan fingerprint density at radius 2 is 1.72 bits per heavy atom. The minimum atomic E-state index is -0.450. The van der Waals surface area contributed by atoms with Crippen molar-refractivity contribution in [2.24, 2.45) is 16.8 Å². The third-order valence-corrected chi connectivity index (χ3v) is 11.3. The van der Waals surface area contributed by atoms with Gasteiger partial charge in [0.15, 0.2) is 9.51 Å². The Labute approximate surface area is 276 Å². The second-order valence-corrected chi connectivity index (χ2v) is 14.9. The van der Waals surface area contributed by atoms with Crippen molar-refractivity contribution in [2.75, 3.05) is 4.90 Å². The Balaban J connectivity index is 1.11. The summed E-state index contributed by atoms with van der Waals surface area (Å²) in [5, 5.41) is 15.3. The molecule has 2 aliphatic heterocycles. The van der Waals surface area contributed by atoms with E-state index < -0.39 is 4.92 Å². The average molecular weight is 670 g/mol. The number of hydrogen-bond acceptors (Lipinski definition) is 10. The number of fused-ring (bicyclic) bond motifs is 2. The third kappa shape index (κ3) is 5.85. The van der Waals surface area contributed by atoms with E-state index in [0.29, 0.717) is 36.1 Å². The highest BCUT2D eigenvalue weighted by atomic mass is 32.2. The molecule has 2 atom stereocenters. The molecule has 10 nitrogen and oxygen atoms in total. The van der Waals surface area contributed by atoms with Crippen LogP contribution in [0.4, 0.5) is 17.1 Å². The minimum absolute atomic E-state index is 0.109. The number of amides is 3. The van der Waals surface area contributed by atoms with Crippen molar-refractivity contribution < 1.29 is 19.3 Å². The lowest BCUT2D eigenvalue weighted by Crippen LogP contribution is -2.30. The predicted octanol–water partition coefficient (Wildman–Crippen LogP) is 7.54. The zero-order valence-electron chi connectivity index (χ0n) is 24.8. The van der Waals surface area contributed by atoms with Crippen LogP contribution in [0.1, 0.15) is 42.4 Å². The van der Waals surface area contributed by atoms with E-state index in [1.165, 1.54) is 45.8 Å². The lowest BCUT2D eigenvalue weighted by Gasteiger charge is -2.19. The number of aromatic nitrogens is 1. The molecular weight excluding hydrogens is 643 g/mol. The maximum absolute atomic E-state index is 13.1. The molecular formula is C33H27N5O5S3. The normalized spacial score (nSPS) is 21.4. The van der Waals surface area contributed by atoms with E-state index in [1.54, 1.807) is 36.4 Å². The van der Waals surface area contributed by atoms with Crippen LogP contribution in [0.25, 0.3) is 16.3 Å². The Bertz CT molecular complexity index is 1990. The molecule has 0 radical (unpaired) electrons. The van der Waals surface area contributed by atoms with E-state index in [2.05, 4.69) is 15.3 Å². The van der Waals surface area contributed by atoms with Gasteiger partial charge in [-0.25, -0.2) is 9.98 Å². The number of aliphatic imine (C=N–C) groups is 1. The first-order chi connectivity index (χ1) is 22.1. The summed E-state index contributed by atoms with van der Waals surface area (Å²) in [7, 11) is 0. The number of imide groups is 1. The third-order valence-electron chi connectivity index (χ3n) is 8.21. The summed E-state index contributed by atoms with van der Waals surface area (Å²) < 4.78 is 1.37. The fraction of sp³-hybridized carbons (Fsp3) is 0.242. The van der Waals surface area contributed by atoms with Crippen LogP contribution >= 0.6 is 34.9 Å². The standard InChI is InChI=1S/C33H27N5O5S3/c1-17-11-18(2)13-20(12-17)34-32-36-29(39)28(44-32)15-19-7-10-26(25(14-19)38(42)43)45-33-35-24-9-8-21(16-27(24)46-33)37-30(40)22-5-3-4-6-23(22)31(37)41/h7-16,22-23H,3-6H2,1-2H3,(H,34,36,39)/b28-15-/t22-,23+. The summed E-state index contributed by atoms with van der Waals surface area (Å²) in [5.74, 6) is -1.04. The van der Waals surface area contributed by atoms with E-state index >= 15 is 0 Å². The highest BCUT2D eigenvalue weighted by molar-refractivity contribution is 8.18. The molecule has 1 saturated carbocycles. The first kappa shape index (κ1) is 30.3. The van der Waals surface area contributed by atoms with Gasteiger partial charge in [0.25, 0.3) is 11.6 Å². The number of carbonyl (C=O) groups is 3. The van der Waals surface area contributed by atoms with Crippen LogP contribution in [0, 0.1) is 35.8 Å². The molecule has 0 spiro atoms. The summed E-state index contributed by atoms with van der Waals surface area (Å²) in [6, 6.07) is 16.0. The number of thiazole rings is 1. The van der Waals surface area contributed by atoms with E-state index in [-0.39, 0.29) is 35.2 Å². The van der Waals surface area contributed by atoms with Crippen molar-refractivity contribution in [1.82, 2.24) is 10.3 Å². The van der Waals surface area contributed by atoms with Crippen LogP contribution in [0.2, 0.25) is 0 Å². The average Bonchev–Trinajstić information content (AvgIpc) is 3.65. The molecule has 7 rings (SSSR count). The van der Waals surface area contributed by atoms with Gasteiger partial charge in [-0.05, 0) is 97.6 Å². The van der Waals surface area contributed by atoms with Crippen LogP contribution in [0.15, 0.2) is 73.7 Å². The number of anilines is 1. The zero-order chi connectivity index (χ0) is 32.1. The molecule has 1 N–H and O–H groups in total. The van der Waals surface area contributed by atoms with E-state index in [0.717, 1.165) is 47.2 Å². The van der Waals surface area contributed by atoms with Crippen LogP contribution in [0.5, 0.6) is 0 Å². The fourth-order valence-electron chi connectivity index (χ4n) is 6.20. The number of benzene rings is 3. The monoisotopic (exact) mass is 669 g/mol.